The largest absolute Gasteiger partial charge is 0.543 e. The fourth-order valence-electron chi connectivity index (χ4n) is 4.00. The number of nitrogens with one attached hydrogen (secondary N) is 1. The van der Waals surface area contributed by atoms with E-state index in [1.54, 1.807) is 17.4 Å². The number of halogens is 1. The second-order valence-electron chi connectivity index (χ2n) is 9.59. The first-order chi connectivity index (χ1) is 19.0. The number of anilines is 1. The van der Waals surface area contributed by atoms with Gasteiger partial charge in [-0.25, -0.2) is 14.4 Å². The molecule has 13 nitrogen and oxygen atoms in total. The Balaban J connectivity index is 1.31. The highest BCUT2D eigenvalue weighted by molar-refractivity contribution is 8.00. The number of hydrogen-bond acceptors (Lipinski definition) is 13. The van der Waals surface area contributed by atoms with Gasteiger partial charge in [0, 0.05) is 17.3 Å². The minimum atomic E-state index is -1.68. The number of aliphatic carboxylic acids is 1. The van der Waals surface area contributed by atoms with Crippen molar-refractivity contribution in [2.75, 3.05) is 38.7 Å². The minimum absolute atomic E-state index is 0.112. The van der Waals surface area contributed by atoms with Gasteiger partial charge in [0.1, 0.15) is 24.2 Å². The lowest BCUT2D eigenvalue weighted by molar-refractivity contribution is -0.897. The zero-order valence-electron chi connectivity index (χ0n) is 21.8. The van der Waals surface area contributed by atoms with E-state index in [0.29, 0.717) is 22.4 Å². The van der Waals surface area contributed by atoms with Crippen LogP contribution in [0.2, 0.25) is 0 Å². The van der Waals surface area contributed by atoms with Gasteiger partial charge in [-0.2, -0.15) is 4.37 Å². The molecule has 4 heterocycles. The van der Waals surface area contributed by atoms with Crippen molar-refractivity contribution in [3.8, 4) is 0 Å². The average Bonchev–Trinajstić information content (AvgIpc) is 3.51. The van der Waals surface area contributed by atoms with Gasteiger partial charge < -0.3 is 30.3 Å². The highest BCUT2D eigenvalue weighted by atomic mass is 32.2. The number of carbonyl (C=O) groups excluding carboxylic acids is 3. The number of nitrogen functional groups attached to an aromatic ring is 1. The Kier molecular flexibility index (Phi) is 9.17. The maximum atomic E-state index is 14.0. The van der Waals surface area contributed by atoms with Crippen LogP contribution in [0.5, 0.6) is 0 Å². The molecule has 1 unspecified atom stereocenters. The summed E-state index contributed by atoms with van der Waals surface area (Å²) in [5, 5.41) is 17.4. The van der Waals surface area contributed by atoms with Gasteiger partial charge in [-0.1, -0.05) is 11.2 Å². The topological polar surface area (TPSA) is 176 Å². The third kappa shape index (κ3) is 6.83. The molecule has 1 fully saturated rings. The lowest BCUT2D eigenvalue weighted by Crippen LogP contribution is -2.71. The van der Waals surface area contributed by atoms with Crippen molar-refractivity contribution in [3.63, 3.8) is 0 Å². The van der Waals surface area contributed by atoms with E-state index in [0.717, 1.165) is 34.9 Å². The zero-order chi connectivity index (χ0) is 29.0. The highest BCUT2D eigenvalue weighted by Crippen LogP contribution is 2.40. The molecule has 0 aromatic carbocycles. The Bertz CT molecular complexity index is 1370. The number of carboxylic acid groups (broad SMARTS) is 1. The third-order valence-electron chi connectivity index (χ3n) is 6.03. The summed E-state index contributed by atoms with van der Waals surface area (Å²) in [5.41, 5.74) is 8.47. The standard InChI is InChI=1S/C23H27FN8O5S3/c1-12-15(39-11-26-12)8-32(2,3)6-4-5-13-10-38-21-17(20(34)31(21)18(13)22(35)36)28-16(33)7-27-37-9-14(24)19-29-23(25)40-30-19/h4-5,7,11,14,17,21H,6,8-10H2,1-3H3,(H3-,25,28,29,30,33,35,36)/b5-4+,27-7-/t14?,17-,21+/m1/s1. The molecule has 214 valence electrons. The van der Waals surface area contributed by atoms with Crippen LogP contribution in [0, 0.1) is 6.92 Å². The van der Waals surface area contributed by atoms with E-state index in [9.17, 15) is 23.9 Å². The number of nitrogens with zero attached hydrogens (tertiary/aromatic N) is 6. The summed E-state index contributed by atoms with van der Waals surface area (Å²) in [6.45, 7) is 2.83. The summed E-state index contributed by atoms with van der Waals surface area (Å²) in [6, 6.07) is -0.960. The normalized spacial score (nSPS) is 20.1. The molecule has 2 aliphatic heterocycles. The molecule has 0 bridgehead atoms. The smallest absolute Gasteiger partial charge is 0.266 e. The van der Waals surface area contributed by atoms with Gasteiger partial charge in [0.25, 0.3) is 11.8 Å². The van der Waals surface area contributed by atoms with Crippen LogP contribution in [0.4, 0.5) is 9.52 Å². The number of carbonyl (C=O) groups is 3. The molecule has 0 aliphatic carbocycles. The number of carboxylic acids is 1. The minimum Gasteiger partial charge on any atom is -0.543 e. The van der Waals surface area contributed by atoms with Crippen LogP contribution >= 0.6 is 34.6 Å². The van der Waals surface area contributed by atoms with E-state index in [4.69, 9.17) is 10.6 Å². The number of nitrogens with two attached hydrogens (primary N) is 1. The van der Waals surface area contributed by atoms with Gasteiger partial charge in [-0.15, -0.1) is 23.1 Å². The number of rotatable bonds is 12. The summed E-state index contributed by atoms with van der Waals surface area (Å²) < 4.78 is 18.3. The van der Waals surface area contributed by atoms with Gasteiger partial charge in [-0.3, -0.25) is 14.5 Å². The summed E-state index contributed by atoms with van der Waals surface area (Å²) in [5.74, 6) is -2.64. The van der Waals surface area contributed by atoms with Gasteiger partial charge >= 0.3 is 0 Å². The van der Waals surface area contributed by atoms with Crippen LogP contribution in [-0.4, -0.2) is 92.1 Å². The zero-order valence-corrected chi connectivity index (χ0v) is 24.2. The first-order valence-corrected chi connectivity index (χ1v) is 14.6. The van der Waals surface area contributed by atoms with Crippen LogP contribution in [0.3, 0.4) is 0 Å². The van der Waals surface area contributed by atoms with Crippen LogP contribution in [0.15, 0.2) is 34.1 Å². The molecule has 17 heteroatoms. The Labute approximate surface area is 241 Å². The number of alkyl halides is 1. The van der Waals surface area contributed by atoms with Crippen LogP contribution in [-0.2, 0) is 25.8 Å². The number of fused-ring (bicyclic) bond motifs is 1. The lowest BCUT2D eigenvalue weighted by atomic mass is 10.0. The quantitative estimate of drug-likeness (QED) is 0.145. The summed E-state index contributed by atoms with van der Waals surface area (Å²) in [7, 11) is 4.13. The summed E-state index contributed by atoms with van der Waals surface area (Å²) >= 11 is 3.76. The molecule has 2 amide bonds. The second kappa shape index (κ2) is 12.4. The Hall–Kier alpha value is -3.41. The van der Waals surface area contributed by atoms with Gasteiger partial charge in [-0.05, 0) is 18.6 Å². The molecular weight excluding hydrogens is 584 g/mol. The molecule has 4 rings (SSSR count). The molecular formula is C23H27FN8O5S3. The van der Waals surface area contributed by atoms with E-state index in [-0.39, 0.29) is 16.7 Å². The number of aryl methyl sites for hydroxylation is 1. The number of hydrogen-bond donors (Lipinski definition) is 2. The van der Waals surface area contributed by atoms with Gasteiger partial charge in [0.2, 0.25) is 0 Å². The van der Waals surface area contributed by atoms with E-state index in [1.165, 1.54) is 16.6 Å². The lowest BCUT2D eigenvalue weighted by Gasteiger charge is -2.50. The molecule has 3 atom stereocenters. The monoisotopic (exact) mass is 610 g/mol. The number of likely N-dealkylation sites (N-methyl/N-ethyl adjacent to an activating group) is 1. The molecule has 3 N–H and O–H groups in total. The number of aromatic nitrogens is 3. The molecule has 2 aliphatic rings. The Morgan fingerprint density at radius 3 is 2.88 bits per heavy atom. The maximum absolute atomic E-state index is 14.0. The van der Waals surface area contributed by atoms with Crippen LogP contribution in [0.1, 0.15) is 22.6 Å². The van der Waals surface area contributed by atoms with E-state index in [1.807, 2.05) is 18.5 Å². The van der Waals surface area contributed by atoms with Crippen LogP contribution < -0.4 is 16.2 Å². The van der Waals surface area contributed by atoms with Crippen molar-refractivity contribution in [1.82, 2.24) is 24.6 Å². The first-order valence-electron chi connectivity index (χ1n) is 11.9. The maximum Gasteiger partial charge on any atom is 0.266 e. The molecule has 2 aromatic rings. The SMILES string of the molecule is Cc1ncsc1C[N+](C)(C)C/C=C/C1=C(C(=O)[O-])N2C(=O)[C@@H](NC(=O)/C=N\OCC(F)c3nsc(N)n3)[C@@H]2SC1. The van der Waals surface area contributed by atoms with Crippen molar-refractivity contribution in [3.05, 3.63) is 45.3 Å². The Morgan fingerprint density at radius 2 is 2.23 bits per heavy atom. The van der Waals surface area contributed by atoms with Gasteiger partial charge in [0.15, 0.2) is 23.7 Å². The number of thioether (sulfide) groups is 1. The number of β-lactam (4-membered cyclic amide) rings is 1. The number of oxime groups is 1. The molecule has 1 saturated heterocycles. The molecule has 40 heavy (non-hydrogen) atoms. The van der Waals surface area contributed by atoms with Crippen molar-refractivity contribution < 1.29 is 33.2 Å². The van der Waals surface area contributed by atoms with E-state index < -0.39 is 42.0 Å². The fourth-order valence-corrected chi connectivity index (χ4v) is 6.79. The predicted molar refractivity (Wildman–Crippen MR) is 146 cm³/mol. The van der Waals surface area contributed by atoms with Crippen LogP contribution in [0.25, 0.3) is 0 Å². The van der Waals surface area contributed by atoms with Gasteiger partial charge in [0.05, 0.1) is 48.4 Å². The van der Waals surface area contributed by atoms with Crippen molar-refractivity contribution in [2.45, 2.75) is 31.1 Å². The number of amides is 2. The fraction of sp³-hybridized carbons (Fsp3) is 0.435. The van der Waals surface area contributed by atoms with Crippen molar-refractivity contribution in [2.24, 2.45) is 5.16 Å². The first kappa shape index (κ1) is 29.6. The number of quaternary nitrogens is 1. The van der Waals surface area contributed by atoms with Crippen molar-refractivity contribution in [1.29, 1.82) is 0 Å². The average molecular weight is 611 g/mol. The number of allylic oxidation sites excluding steroid dienone is 1. The van der Waals surface area contributed by atoms with Crippen molar-refractivity contribution >= 4 is 63.8 Å². The van der Waals surface area contributed by atoms with E-state index in [2.05, 4.69) is 38.9 Å². The summed E-state index contributed by atoms with van der Waals surface area (Å²) in [4.78, 5) is 52.1. The highest BCUT2D eigenvalue weighted by Gasteiger charge is 2.52. The second-order valence-corrected chi connectivity index (χ2v) is 12.4. The molecule has 0 radical (unpaired) electrons. The third-order valence-corrected chi connectivity index (χ3v) is 8.81. The predicted octanol–water partition coefficient (Wildman–Crippen LogP) is 0.135. The molecule has 0 saturated carbocycles. The van der Waals surface area contributed by atoms with E-state index >= 15 is 0 Å². The summed E-state index contributed by atoms with van der Waals surface area (Å²) in [6.07, 6.45) is 2.68. The molecule has 2 aromatic heterocycles. The molecule has 0 spiro atoms. The Morgan fingerprint density at radius 1 is 1.45 bits per heavy atom. The number of thiazole rings is 1.